The minimum Gasteiger partial charge on any atom is -0.496 e. The number of hydrogen-bond donors (Lipinski definition) is 3. The molecule has 0 bridgehead atoms. The molecule has 0 saturated carbocycles. The zero-order valence-corrected chi connectivity index (χ0v) is 19.4. The number of nitrogen functional groups attached to an aromatic ring is 1. The molecule has 4 N–H and O–H groups in total. The predicted molar refractivity (Wildman–Crippen MR) is 132 cm³/mol. The van der Waals surface area contributed by atoms with Crippen LogP contribution in [0.3, 0.4) is 0 Å². The summed E-state index contributed by atoms with van der Waals surface area (Å²) in [5.41, 5.74) is 7.98. The fourth-order valence-electron chi connectivity index (χ4n) is 3.57. The molecule has 0 aliphatic heterocycles. The molecule has 0 aliphatic carbocycles. The van der Waals surface area contributed by atoms with Crippen molar-refractivity contribution in [2.75, 3.05) is 24.7 Å². The van der Waals surface area contributed by atoms with Gasteiger partial charge in [0.25, 0.3) is 0 Å². The normalized spacial score (nSPS) is 10.7. The van der Waals surface area contributed by atoms with Crippen LogP contribution in [0.25, 0.3) is 16.9 Å². The van der Waals surface area contributed by atoms with E-state index in [4.69, 9.17) is 22.1 Å². The van der Waals surface area contributed by atoms with Crippen molar-refractivity contribution in [3.05, 3.63) is 89.0 Å². The smallest absolute Gasteiger partial charge is 0.319 e. The Morgan fingerprint density at radius 3 is 2.60 bits per heavy atom. The highest BCUT2D eigenvalue weighted by molar-refractivity contribution is 6.30. The fraction of sp³-hybridized carbons (Fsp3) is 0.120. The molecule has 35 heavy (non-hydrogen) atoms. The number of nitrogens with two attached hydrogens (primary N) is 1. The summed E-state index contributed by atoms with van der Waals surface area (Å²) in [5, 5.41) is 10.3. The molecule has 2 amide bonds. The standard InChI is InChI=1S/C25H22ClF2N5O2/c1-35-21-5-3-2-4-15(21)12-13-30-25(34)31-23-22(16-6-8-17(26)9-7-16)32-33(24(23)29)20-14-18(27)10-11-19(20)28/h2-11,14H,12-13,29H2,1H3,(H2,30,31,34). The minimum absolute atomic E-state index is 0.0701. The van der Waals surface area contributed by atoms with E-state index in [0.717, 1.165) is 34.2 Å². The molecule has 0 atom stereocenters. The minimum atomic E-state index is -0.726. The number of methoxy groups -OCH3 is 1. The number of urea groups is 1. The maximum absolute atomic E-state index is 14.5. The highest BCUT2D eigenvalue weighted by atomic mass is 35.5. The van der Waals surface area contributed by atoms with Crippen molar-refractivity contribution >= 4 is 29.1 Å². The summed E-state index contributed by atoms with van der Waals surface area (Å²) in [4.78, 5) is 12.7. The molecule has 0 unspecified atom stereocenters. The van der Waals surface area contributed by atoms with Crippen LogP contribution in [0.15, 0.2) is 66.7 Å². The number of para-hydroxylation sites is 1. The molecule has 1 aromatic heterocycles. The second-order valence-electron chi connectivity index (χ2n) is 7.57. The van der Waals surface area contributed by atoms with Crippen molar-refractivity contribution in [2.45, 2.75) is 6.42 Å². The third kappa shape index (κ3) is 5.36. The van der Waals surface area contributed by atoms with Gasteiger partial charge < -0.3 is 21.1 Å². The van der Waals surface area contributed by atoms with Gasteiger partial charge in [-0.2, -0.15) is 5.10 Å². The molecule has 4 rings (SSSR count). The summed E-state index contributed by atoms with van der Waals surface area (Å²) in [6, 6.07) is 16.6. The molecule has 3 aromatic carbocycles. The molecule has 0 fully saturated rings. The SMILES string of the molecule is COc1ccccc1CCNC(=O)Nc1c(-c2ccc(Cl)cc2)nn(-c2cc(F)ccc2F)c1N. The Kier molecular flexibility index (Phi) is 7.17. The van der Waals surface area contributed by atoms with Crippen LogP contribution in [0.1, 0.15) is 5.56 Å². The van der Waals surface area contributed by atoms with Crippen LogP contribution in [0, 0.1) is 11.6 Å². The van der Waals surface area contributed by atoms with E-state index in [0.29, 0.717) is 23.6 Å². The summed E-state index contributed by atoms with van der Waals surface area (Å²) < 4.78 is 34.7. The molecular formula is C25H22ClF2N5O2. The molecule has 0 aliphatic rings. The van der Waals surface area contributed by atoms with Crippen LogP contribution < -0.4 is 21.1 Å². The molecular weight excluding hydrogens is 476 g/mol. The lowest BCUT2D eigenvalue weighted by Gasteiger charge is -2.11. The lowest BCUT2D eigenvalue weighted by molar-refractivity contribution is 0.252. The lowest BCUT2D eigenvalue weighted by Crippen LogP contribution is -2.30. The van der Waals surface area contributed by atoms with Crippen molar-refractivity contribution in [1.82, 2.24) is 15.1 Å². The van der Waals surface area contributed by atoms with Gasteiger partial charge in [0.15, 0.2) is 5.82 Å². The number of nitrogens with one attached hydrogen (secondary N) is 2. The van der Waals surface area contributed by atoms with Crippen molar-refractivity contribution in [1.29, 1.82) is 0 Å². The molecule has 10 heteroatoms. The molecule has 4 aromatic rings. The van der Waals surface area contributed by atoms with Gasteiger partial charge in [-0.05, 0) is 42.3 Å². The quantitative estimate of drug-likeness (QED) is 0.317. The topological polar surface area (TPSA) is 94.2 Å². The summed E-state index contributed by atoms with van der Waals surface area (Å²) in [7, 11) is 1.58. The lowest BCUT2D eigenvalue weighted by atomic mass is 10.1. The maximum Gasteiger partial charge on any atom is 0.319 e. The molecule has 0 saturated heterocycles. The second kappa shape index (κ2) is 10.4. The van der Waals surface area contributed by atoms with E-state index in [2.05, 4.69) is 15.7 Å². The number of halogens is 3. The van der Waals surface area contributed by atoms with Gasteiger partial charge in [-0.15, -0.1) is 0 Å². The Hall–Kier alpha value is -4.11. The number of rotatable bonds is 7. The number of anilines is 2. The third-order valence-corrected chi connectivity index (χ3v) is 5.54. The number of hydrogen-bond acceptors (Lipinski definition) is 4. The van der Waals surface area contributed by atoms with Crippen LogP contribution in [-0.4, -0.2) is 29.5 Å². The monoisotopic (exact) mass is 497 g/mol. The molecule has 1 heterocycles. The average Bonchev–Trinajstić information content (AvgIpc) is 3.17. The molecule has 0 radical (unpaired) electrons. The number of carbonyl (C=O) groups excluding carboxylic acids is 1. The van der Waals surface area contributed by atoms with Crippen LogP contribution in [0.2, 0.25) is 5.02 Å². The van der Waals surface area contributed by atoms with Crippen LogP contribution >= 0.6 is 11.6 Å². The Bertz CT molecular complexity index is 1360. The first-order chi connectivity index (χ1) is 16.9. The number of amides is 2. The van der Waals surface area contributed by atoms with Gasteiger partial charge in [-0.3, -0.25) is 0 Å². The van der Waals surface area contributed by atoms with Gasteiger partial charge in [0.1, 0.15) is 34.5 Å². The zero-order valence-electron chi connectivity index (χ0n) is 18.7. The highest BCUT2D eigenvalue weighted by Gasteiger charge is 2.22. The largest absolute Gasteiger partial charge is 0.496 e. The number of benzene rings is 3. The summed E-state index contributed by atoms with van der Waals surface area (Å²) in [6.45, 7) is 0.315. The van der Waals surface area contributed by atoms with Crippen molar-refractivity contribution in [3.63, 3.8) is 0 Å². The molecule has 0 spiro atoms. The van der Waals surface area contributed by atoms with Crippen LogP contribution in [-0.2, 0) is 6.42 Å². The Morgan fingerprint density at radius 2 is 1.86 bits per heavy atom. The van der Waals surface area contributed by atoms with E-state index in [-0.39, 0.29) is 22.9 Å². The van der Waals surface area contributed by atoms with E-state index in [9.17, 15) is 13.6 Å². The van der Waals surface area contributed by atoms with Gasteiger partial charge in [-0.1, -0.05) is 41.9 Å². The van der Waals surface area contributed by atoms with E-state index >= 15 is 0 Å². The number of ether oxygens (including phenoxy) is 1. The van der Waals surface area contributed by atoms with Gasteiger partial charge in [-0.25, -0.2) is 18.3 Å². The second-order valence-corrected chi connectivity index (χ2v) is 8.00. The Labute approximate surface area is 205 Å². The maximum atomic E-state index is 14.5. The summed E-state index contributed by atoms with van der Waals surface area (Å²) in [5.74, 6) is -0.731. The Morgan fingerprint density at radius 1 is 1.11 bits per heavy atom. The van der Waals surface area contributed by atoms with Crippen LogP contribution in [0.4, 0.5) is 25.1 Å². The number of nitrogens with zero attached hydrogens (tertiary/aromatic N) is 2. The third-order valence-electron chi connectivity index (χ3n) is 5.29. The van der Waals surface area contributed by atoms with Crippen molar-refractivity contribution in [3.8, 4) is 22.7 Å². The predicted octanol–water partition coefficient (Wildman–Crippen LogP) is 5.43. The van der Waals surface area contributed by atoms with E-state index < -0.39 is 17.7 Å². The highest BCUT2D eigenvalue weighted by Crippen LogP contribution is 2.35. The van der Waals surface area contributed by atoms with Crippen LogP contribution in [0.5, 0.6) is 5.75 Å². The molecule has 180 valence electrons. The van der Waals surface area contributed by atoms with Crippen molar-refractivity contribution < 1.29 is 18.3 Å². The van der Waals surface area contributed by atoms with E-state index in [1.807, 2.05) is 24.3 Å². The van der Waals surface area contributed by atoms with Crippen molar-refractivity contribution in [2.24, 2.45) is 0 Å². The first-order valence-corrected chi connectivity index (χ1v) is 11.0. The van der Waals surface area contributed by atoms with Gasteiger partial charge in [0.05, 0.1) is 7.11 Å². The fourth-order valence-corrected chi connectivity index (χ4v) is 3.70. The first-order valence-electron chi connectivity index (χ1n) is 10.6. The first kappa shape index (κ1) is 24.0. The van der Waals surface area contributed by atoms with E-state index in [1.54, 1.807) is 31.4 Å². The average molecular weight is 498 g/mol. The summed E-state index contributed by atoms with van der Waals surface area (Å²) in [6.07, 6.45) is 0.532. The van der Waals surface area contributed by atoms with Gasteiger partial charge in [0.2, 0.25) is 0 Å². The van der Waals surface area contributed by atoms with Gasteiger partial charge in [0, 0.05) is 23.2 Å². The van der Waals surface area contributed by atoms with Gasteiger partial charge >= 0.3 is 6.03 Å². The number of aromatic nitrogens is 2. The van der Waals surface area contributed by atoms with E-state index in [1.165, 1.54) is 0 Å². The number of carbonyl (C=O) groups is 1. The molecule has 7 nitrogen and oxygen atoms in total. The Balaban J connectivity index is 1.61. The summed E-state index contributed by atoms with van der Waals surface area (Å²) >= 11 is 5.99. The zero-order chi connectivity index (χ0) is 24.9.